The number of piperazine rings is 1. The summed E-state index contributed by atoms with van der Waals surface area (Å²) in [6.07, 6.45) is 2.12. The van der Waals surface area contributed by atoms with Crippen molar-refractivity contribution in [2.45, 2.75) is 38.3 Å². The van der Waals surface area contributed by atoms with Crippen molar-refractivity contribution < 1.29 is 32.2 Å². The van der Waals surface area contributed by atoms with Gasteiger partial charge in [0.25, 0.3) is 0 Å². The molecular formula is C37H39F2N7O7. The summed E-state index contributed by atoms with van der Waals surface area (Å²) in [5, 5.41) is 4.13. The predicted octanol–water partition coefficient (Wildman–Crippen LogP) is 3.76. The number of ether oxygens (including phenoxy) is 3. The molecule has 8 rings (SSSR count). The highest BCUT2D eigenvalue weighted by molar-refractivity contribution is 5.94. The molecule has 0 aliphatic carbocycles. The van der Waals surface area contributed by atoms with Crippen LogP contribution < -0.4 is 30.7 Å². The molecule has 3 fully saturated rings. The third kappa shape index (κ3) is 8.08. The number of aromatic nitrogens is 3. The standard InChI is InChI=1S/C35H39F2N7O4.C2O3/c1-25(2)43-17-18-44(34(43)45)29-6-4-27(5-7-29)40-13-15-41(16-14-40)28-8-10-30(11-9-28)46-20-33-47-22-35(48-33,21-42-24-38-23-39-42)31-12-3-26(36)19-32(31)37;3-1-2(4)5-1/h3-12,19,23-25,33H,13-18,20-22H2,1-2H3;/t33-,35+;/m0./s1. The number of hydrogen-bond donors (Lipinski definition) is 0. The quantitative estimate of drug-likeness (QED) is 0.194. The van der Waals surface area contributed by atoms with Gasteiger partial charge in [-0.05, 0) is 68.4 Å². The van der Waals surface area contributed by atoms with Gasteiger partial charge in [-0.2, -0.15) is 5.10 Å². The van der Waals surface area contributed by atoms with Gasteiger partial charge in [0.1, 0.15) is 42.2 Å². The number of urea groups is 1. The highest BCUT2D eigenvalue weighted by atomic mass is 19.1. The second-order valence-electron chi connectivity index (χ2n) is 13.3. The minimum atomic E-state index is -1.23. The molecule has 14 nitrogen and oxygen atoms in total. The molecule has 53 heavy (non-hydrogen) atoms. The van der Waals surface area contributed by atoms with Crippen LogP contribution in [-0.2, 0) is 21.6 Å². The third-order valence-corrected chi connectivity index (χ3v) is 9.53. The first-order valence-electron chi connectivity index (χ1n) is 17.3. The van der Waals surface area contributed by atoms with Gasteiger partial charge in [-0.1, -0.05) is 6.07 Å². The molecule has 0 saturated carbocycles. The number of anilines is 3. The third-order valence-electron chi connectivity index (χ3n) is 9.53. The fourth-order valence-corrected chi connectivity index (χ4v) is 6.69. The van der Waals surface area contributed by atoms with Crippen LogP contribution in [0.25, 0.3) is 0 Å². The molecule has 278 valence electrons. The van der Waals surface area contributed by atoms with Gasteiger partial charge in [0.2, 0.25) is 0 Å². The van der Waals surface area contributed by atoms with Crippen molar-refractivity contribution in [2.24, 2.45) is 0 Å². The van der Waals surface area contributed by atoms with Crippen LogP contribution in [0.4, 0.5) is 30.6 Å². The first-order valence-corrected chi connectivity index (χ1v) is 17.3. The molecule has 0 N–H and O–H groups in total. The zero-order chi connectivity index (χ0) is 37.1. The van der Waals surface area contributed by atoms with Crippen molar-refractivity contribution in [3.63, 3.8) is 0 Å². The Bertz CT molecular complexity index is 2040. The van der Waals surface area contributed by atoms with E-state index >= 15 is 0 Å². The van der Waals surface area contributed by atoms with Gasteiger partial charge in [-0.15, -0.1) is 0 Å². The van der Waals surface area contributed by atoms with E-state index in [9.17, 15) is 23.2 Å². The van der Waals surface area contributed by atoms with Gasteiger partial charge >= 0.3 is 17.3 Å². The van der Waals surface area contributed by atoms with Gasteiger partial charge in [-0.25, -0.2) is 32.8 Å². The first kappa shape index (κ1) is 35.8. The molecule has 0 radical (unpaired) electrons. The molecule has 3 aliphatic heterocycles. The number of hydrogen-bond acceptors (Lipinski definition) is 11. The summed E-state index contributed by atoms with van der Waals surface area (Å²) in [5.41, 5.74) is 0.711. The van der Waals surface area contributed by atoms with E-state index in [-0.39, 0.29) is 37.4 Å². The Morgan fingerprint density at radius 2 is 1.47 bits per heavy atom. The summed E-state index contributed by atoms with van der Waals surface area (Å²) in [6.45, 7) is 9.31. The van der Waals surface area contributed by atoms with Gasteiger partial charge in [-0.3, -0.25) is 4.90 Å². The molecular weight excluding hydrogens is 692 g/mol. The topological polar surface area (TPSA) is 136 Å². The Morgan fingerprint density at radius 3 is 2.02 bits per heavy atom. The van der Waals surface area contributed by atoms with Crippen molar-refractivity contribution in [2.75, 3.05) is 67.2 Å². The summed E-state index contributed by atoms with van der Waals surface area (Å²) in [5.74, 6) is -0.736. The maximum absolute atomic E-state index is 14.9. The molecule has 2 aromatic heterocycles. The Hall–Kier alpha value is -5.61. The number of rotatable bonds is 10. The first-order chi connectivity index (χ1) is 25.6. The number of carbonyl (C=O) groups is 1. The van der Waals surface area contributed by atoms with Crippen LogP contribution in [0.5, 0.6) is 5.75 Å². The van der Waals surface area contributed by atoms with Gasteiger partial charge < -0.3 is 33.3 Å². The van der Waals surface area contributed by atoms with Crippen LogP contribution in [0.3, 0.4) is 0 Å². The lowest BCUT2D eigenvalue weighted by atomic mass is 9.94. The number of benzene rings is 3. The van der Waals surface area contributed by atoms with E-state index < -0.39 is 34.8 Å². The predicted molar refractivity (Wildman–Crippen MR) is 190 cm³/mol. The lowest BCUT2D eigenvalue weighted by Crippen LogP contribution is -2.46. The van der Waals surface area contributed by atoms with E-state index in [0.29, 0.717) is 12.3 Å². The largest absolute Gasteiger partial charge is 0.488 e. The molecule has 2 amide bonds. The van der Waals surface area contributed by atoms with E-state index in [1.165, 1.54) is 29.5 Å². The SMILES string of the molecule is CC(C)N1CCN(c2ccc(N3CCN(c4ccc(OC[C@H]5OC[C@](Cn6cncn6)(c6ccc(F)cc6F)O5)cc4)CC3)cc2)C1=O.O=c1oc1=O. The van der Waals surface area contributed by atoms with E-state index in [2.05, 4.69) is 36.4 Å². The maximum atomic E-state index is 14.9. The molecule has 3 saturated heterocycles. The molecule has 5 heterocycles. The number of nitrogens with zero attached hydrogens (tertiary/aromatic N) is 7. The summed E-state index contributed by atoms with van der Waals surface area (Å²) < 4.78 is 51.9. The van der Waals surface area contributed by atoms with E-state index in [1.54, 1.807) is 0 Å². The van der Waals surface area contributed by atoms with Crippen molar-refractivity contribution in [1.82, 2.24) is 19.7 Å². The van der Waals surface area contributed by atoms with Crippen LogP contribution in [0.1, 0.15) is 19.4 Å². The van der Waals surface area contributed by atoms with Crippen molar-refractivity contribution in [1.29, 1.82) is 0 Å². The summed E-state index contributed by atoms with van der Waals surface area (Å²) in [7, 11) is 0. The van der Waals surface area contributed by atoms with Crippen LogP contribution in [0.15, 0.2) is 93.4 Å². The van der Waals surface area contributed by atoms with Crippen LogP contribution in [0, 0.1) is 11.6 Å². The summed E-state index contributed by atoms with van der Waals surface area (Å²) >= 11 is 0. The van der Waals surface area contributed by atoms with Crippen LogP contribution in [0.2, 0.25) is 0 Å². The molecule has 3 aliphatic rings. The van der Waals surface area contributed by atoms with Crippen molar-refractivity contribution in [3.05, 3.63) is 117 Å². The maximum Gasteiger partial charge on any atom is 0.426 e. The number of amides is 2. The highest BCUT2D eigenvalue weighted by Gasteiger charge is 2.46. The van der Waals surface area contributed by atoms with Crippen molar-refractivity contribution in [3.8, 4) is 5.75 Å². The normalized spacial score (nSPS) is 20.4. The lowest BCUT2D eigenvalue weighted by Gasteiger charge is -2.37. The average molecular weight is 732 g/mol. The van der Waals surface area contributed by atoms with Gasteiger partial charge in [0.15, 0.2) is 6.29 Å². The second kappa shape index (κ2) is 15.2. The van der Waals surface area contributed by atoms with Crippen LogP contribution in [-0.4, -0.2) is 90.5 Å². The molecule has 16 heteroatoms. The number of carbonyl (C=O) groups excluding carboxylic acids is 1. The van der Waals surface area contributed by atoms with Crippen LogP contribution >= 0.6 is 0 Å². The molecule has 5 aromatic rings. The molecule has 0 unspecified atom stereocenters. The Morgan fingerprint density at radius 1 is 0.849 bits per heavy atom. The highest BCUT2D eigenvalue weighted by Crippen LogP contribution is 2.37. The second-order valence-corrected chi connectivity index (χ2v) is 13.3. The Balaban J connectivity index is 0.000000804. The van der Waals surface area contributed by atoms with E-state index in [0.717, 1.165) is 55.9 Å². The summed E-state index contributed by atoms with van der Waals surface area (Å²) in [6, 6.07) is 19.9. The van der Waals surface area contributed by atoms with Gasteiger partial charge in [0, 0.05) is 74.0 Å². The molecule has 0 spiro atoms. The lowest BCUT2D eigenvalue weighted by molar-refractivity contribution is -0.117. The fraction of sp³-hybridized carbons (Fsp3) is 0.378. The minimum Gasteiger partial charge on any atom is -0.488 e. The molecule has 2 atom stereocenters. The molecule has 0 bridgehead atoms. The van der Waals surface area contributed by atoms with E-state index in [4.69, 9.17) is 14.2 Å². The zero-order valence-corrected chi connectivity index (χ0v) is 29.3. The van der Waals surface area contributed by atoms with Gasteiger partial charge in [0.05, 0.1) is 13.2 Å². The monoisotopic (exact) mass is 731 g/mol. The van der Waals surface area contributed by atoms with E-state index in [1.807, 2.05) is 60.0 Å². The Kier molecular flexibility index (Phi) is 10.2. The number of halogens is 2. The fourth-order valence-electron chi connectivity index (χ4n) is 6.69. The Labute approximate surface area is 303 Å². The summed E-state index contributed by atoms with van der Waals surface area (Å²) in [4.78, 5) is 43.8. The molecule has 3 aromatic carbocycles. The minimum absolute atomic E-state index is 0.0354. The van der Waals surface area contributed by atoms with Crippen molar-refractivity contribution >= 4 is 23.1 Å². The smallest absolute Gasteiger partial charge is 0.426 e. The zero-order valence-electron chi connectivity index (χ0n) is 29.3. The average Bonchev–Trinajstić information content (AvgIpc) is 3.59.